The molecule has 1 heterocycles. The Labute approximate surface area is 136 Å². The summed E-state index contributed by atoms with van der Waals surface area (Å²) in [5.41, 5.74) is 0.478. The van der Waals surface area contributed by atoms with Crippen LogP contribution in [0.4, 0.5) is 0 Å². The Kier molecular flexibility index (Phi) is 5.38. The zero-order valence-electron chi connectivity index (χ0n) is 12.2. The van der Waals surface area contributed by atoms with Crippen molar-refractivity contribution in [3.05, 3.63) is 46.3 Å². The van der Waals surface area contributed by atoms with E-state index in [4.69, 9.17) is 13.9 Å². The molecule has 0 aliphatic carbocycles. The number of methoxy groups -OCH3 is 2. The molecule has 116 valence electrons. The van der Waals surface area contributed by atoms with E-state index in [-0.39, 0.29) is 30.2 Å². The smallest absolute Gasteiger partial charge is 0.198 e. The van der Waals surface area contributed by atoms with Gasteiger partial charge >= 0.3 is 0 Å². The topological polar surface area (TPSA) is 65.7 Å². The third-order valence-corrected chi connectivity index (χ3v) is 3.56. The van der Waals surface area contributed by atoms with Gasteiger partial charge in [-0.05, 0) is 46.3 Å². The van der Waals surface area contributed by atoms with Gasteiger partial charge in [0.1, 0.15) is 0 Å². The molecule has 0 aliphatic heterocycles. The van der Waals surface area contributed by atoms with Gasteiger partial charge in [0.05, 0.1) is 14.2 Å². The molecular weight excluding hydrogens is 352 g/mol. The molecule has 0 spiro atoms. The van der Waals surface area contributed by atoms with E-state index in [1.54, 1.807) is 30.3 Å². The van der Waals surface area contributed by atoms with E-state index in [9.17, 15) is 9.59 Å². The van der Waals surface area contributed by atoms with Crippen LogP contribution in [0, 0.1) is 0 Å². The summed E-state index contributed by atoms with van der Waals surface area (Å²) < 4.78 is 15.9. The predicted octanol–water partition coefficient (Wildman–Crippen LogP) is 3.91. The van der Waals surface area contributed by atoms with Crippen molar-refractivity contribution in [2.75, 3.05) is 14.2 Å². The first-order valence-electron chi connectivity index (χ1n) is 6.59. The number of benzene rings is 1. The molecule has 0 amide bonds. The molecule has 0 atom stereocenters. The Morgan fingerprint density at radius 1 is 1.00 bits per heavy atom. The van der Waals surface area contributed by atoms with Crippen LogP contribution < -0.4 is 9.47 Å². The van der Waals surface area contributed by atoms with Crippen LogP contribution in [0.25, 0.3) is 0 Å². The molecule has 0 aliphatic rings. The van der Waals surface area contributed by atoms with E-state index in [1.807, 2.05) is 0 Å². The first-order chi connectivity index (χ1) is 10.5. The molecule has 0 N–H and O–H groups in total. The quantitative estimate of drug-likeness (QED) is 0.695. The van der Waals surface area contributed by atoms with Crippen molar-refractivity contribution >= 4 is 27.5 Å². The summed E-state index contributed by atoms with van der Waals surface area (Å²) in [5, 5.41) is 0. The van der Waals surface area contributed by atoms with Crippen molar-refractivity contribution < 1.29 is 23.5 Å². The number of hydrogen-bond donors (Lipinski definition) is 0. The lowest BCUT2D eigenvalue weighted by atomic mass is 10.0. The molecule has 2 rings (SSSR count). The van der Waals surface area contributed by atoms with Crippen LogP contribution in [0.5, 0.6) is 11.5 Å². The summed E-state index contributed by atoms with van der Waals surface area (Å²) >= 11 is 3.14. The van der Waals surface area contributed by atoms with Crippen LogP contribution >= 0.6 is 15.9 Å². The first kappa shape index (κ1) is 16.3. The molecule has 22 heavy (non-hydrogen) atoms. The van der Waals surface area contributed by atoms with E-state index >= 15 is 0 Å². The van der Waals surface area contributed by atoms with Crippen LogP contribution in [0.15, 0.2) is 39.4 Å². The minimum absolute atomic E-state index is 0.0904. The van der Waals surface area contributed by atoms with E-state index in [1.165, 1.54) is 14.2 Å². The lowest BCUT2D eigenvalue weighted by Crippen LogP contribution is -2.05. The second kappa shape index (κ2) is 7.26. The number of furan rings is 1. The van der Waals surface area contributed by atoms with E-state index in [0.717, 1.165) is 0 Å². The monoisotopic (exact) mass is 366 g/mol. The van der Waals surface area contributed by atoms with Gasteiger partial charge in [-0.25, -0.2) is 0 Å². The third kappa shape index (κ3) is 3.76. The van der Waals surface area contributed by atoms with Crippen LogP contribution in [-0.2, 0) is 0 Å². The van der Waals surface area contributed by atoms with Crippen molar-refractivity contribution in [2.45, 2.75) is 12.8 Å². The summed E-state index contributed by atoms with van der Waals surface area (Å²) in [6.45, 7) is 0. The molecule has 0 bridgehead atoms. The lowest BCUT2D eigenvalue weighted by Gasteiger charge is -2.08. The Morgan fingerprint density at radius 2 is 1.68 bits per heavy atom. The fourth-order valence-electron chi connectivity index (χ4n) is 1.97. The SMILES string of the molecule is COc1ccc(C(=O)CCC(=O)c2ccc(Br)o2)cc1OC. The van der Waals surface area contributed by atoms with Gasteiger partial charge in [-0.2, -0.15) is 0 Å². The van der Waals surface area contributed by atoms with Crippen molar-refractivity contribution in [1.82, 2.24) is 0 Å². The fourth-order valence-corrected chi connectivity index (χ4v) is 2.27. The maximum Gasteiger partial charge on any atom is 0.198 e. The summed E-state index contributed by atoms with van der Waals surface area (Å²) in [4.78, 5) is 24.1. The zero-order chi connectivity index (χ0) is 16.1. The van der Waals surface area contributed by atoms with Gasteiger partial charge in [0, 0.05) is 18.4 Å². The number of hydrogen-bond acceptors (Lipinski definition) is 5. The van der Waals surface area contributed by atoms with E-state index < -0.39 is 0 Å². The van der Waals surface area contributed by atoms with Crippen LogP contribution in [0.1, 0.15) is 33.8 Å². The van der Waals surface area contributed by atoms with Crippen molar-refractivity contribution in [2.24, 2.45) is 0 Å². The molecule has 0 fully saturated rings. The highest BCUT2D eigenvalue weighted by molar-refractivity contribution is 9.10. The maximum absolute atomic E-state index is 12.2. The molecule has 5 nitrogen and oxygen atoms in total. The summed E-state index contributed by atoms with van der Waals surface area (Å²) in [6.07, 6.45) is 0.194. The van der Waals surface area contributed by atoms with Gasteiger partial charge in [0.15, 0.2) is 33.5 Å². The molecule has 0 radical (unpaired) electrons. The Bertz CT molecular complexity index is 690. The van der Waals surface area contributed by atoms with Crippen LogP contribution in [0.2, 0.25) is 0 Å². The standard InChI is InChI=1S/C16H15BrO5/c1-20-14-6-3-10(9-15(14)21-2)11(18)4-5-12(19)13-7-8-16(17)22-13/h3,6-9H,4-5H2,1-2H3. The van der Waals surface area contributed by atoms with Gasteiger partial charge in [-0.3, -0.25) is 9.59 Å². The Balaban J connectivity index is 2.02. The van der Waals surface area contributed by atoms with Gasteiger partial charge in [-0.1, -0.05) is 0 Å². The zero-order valence-corrected chi connectivity index (χ0v) is 13.8. The van der Waals surface area contributed by atoms with Crippen molar-refractivity contribution in [1.29, 1.82) is 0 Å². The third-order valence-electron chi connectivity index (χ3n) is 3.13. The van der Waals surface area contributed by atoms with E-state index in [0.29, 0.717) is 21.7 Å². The molecule has 0 unspecified atom stereocenters. The Hall–Kier alpha value is -2.08. The van der Waals surface area contributed by atoms with Gasteiger partial charge < -0.3 is 13.9 Å². The fraction of sp³-hybridized carbons (Fsp3) is 0.250. The number of Topliss-reactive ketones (excluding diaryl/α,β-unsaturated/α-hetero) is 2. The molecule has 1 aromatic heterocycles. The van der Waals surface area contributed by atoms with Gasteiger partial charge in [0.2, 0.25) is 0 Å². The minimum Gasteiger partial charge on any atom is -0.493 e. The van der Waals surface area contributed by atoms with E-state index in [2.05, 4.69) is 15.9 Å². The van der Waals surface area contributed by atoms with Crippen molar-refractivity contribution in [3.63, 3.8) is 0 Å². The maximum atomic E-state index is 12.2. The second-order valence-electron chi connectivity index (χ2n) is 4.52. The number of halogens is 1. The van der Waals surface area contributed by atoms with Crippen LogP contribution in [0.3, 0.4) is 0 Å². The average molecular weight is 367 g/mol. The number of carbonyl (C=O) groups is 2. The van der Waals surface area contributed by atoms with Crippen LogP contribution in [-0.4, -0.2) is 25.8 Å². The molecule has 6 heteroatoms. The normalized spacial score (nSPS) is 10.3. The highest BCUT2D eigenvalue weighted by Gasteiger charge is 2.15. The molecule has 2 aromatic rings. The van der Waals surface area contributed by atoms with Gasteiger partial charge in [0.25, 0.3) is 0 Å². The molecular formula is C16H15BrO5. The number of rotatable bonds is 7. The molecule has 1 aromatic carbocycles. The highest BCUT2D eigenvalue weighted by atomic mass is 79.9. The lowest BCUT2D eigenvalue weighted by molar-refractivity contribution is 0.0901. The van der Waals surface area contributed by atoms with Gasteiger partial charge in [-0.15, -0.1) is 0 Å². The largest absolute Gasteiger partial charge is 0.493 e. The first-order valence-corrected chi connectivity index (χ1v) is 7.38. The Morgan fingerprint density at radius 3 is 2.27 bits per heavy atom. The number of carbonyl (C=O) groups excluding carboxylic acids is 2. The molecule has 0 saturated carbocycles. The number of ether oxygens (including phenoxy) is 2. The van der Waals surface area contributed by atoms with Crippen molar-refractivity contribution in [3.8, 4) is 11.5 Å². The number of ketones is 2. The molecule has 0 saturated heterocycles. The average Bonchev–Trinajstić information content (AvgIpc) is 2.98. The predicted molar refractivity (Wildman–Crippen MR) is 83.8 cm³/mol. The minimum atomic E-state index is -0.209. The summed E-state index contributed by atoms with van der Waals surface area (Å²) in [5.74, 6) is 0.927. The summed E-state index contributed by atoms with van der Waals surface area (Å²) in [6, 6.07) is 8.14. The highest BCUT2D eigenvalue weighted by Crippen LogP contribution is 2.28. The second-order valence-corrected chi connectivity index (χ2v) is 5.30. The summed E-state index contributed by atoms with van der Waals surface area (Å²) in [7, 11) is 3.03.